The van der Waals surface area contributed by atoms with Crippen molar-refractivity contribution in [2.24, 2.45) is 0 Å². The van der Waals surface area contributed by atoms with Crippen LogP contribution in [-0.2, 0) is 0 Å². The maximum atomic E-state index is 4.36. The smallest absolute Gasteiger partial charge is 0.0273 e. The Morgan fingerprint density at radius 3 is 0.429 bits per heavy atom. The van der Waals surface area contributed by atoms with Crippen molar-refractivity contribution in [2.75, 3.05) is 0 Å². The molecule has 0 N–H and O–H groups in total. The van der Waals surface area contributed by atoms with Crippen molar-refractivity contribution in [3.05, 3.63) is 147 Å². The molecule has 0 bridgehead atoms. The van der Waals surface area contributed by atoms with E-state index in [0.29, 0.717) is 0 Å². The van der Waals surface area contributed by atoms with E-state index in [1.165, 1.54) is 0 Å². The Hall–Kier alpha value is -5.88. The molecule has 0 unspecified atom stereocenters. The first-order chi connectivity index (χ1) is 20.9. The van der Waals surface area contributed by atoms with Gasteiger partial charge in [0.05, 0.1) is 0 Å². The predicted molar refractivity (Wildman–Crippen MR) is 166 cm³/mol. The number of hydrogen-bond acceptors (Lipinski definition) is 6. The molecule has 0 aliphatic rings. The Labute approximate surface area is 243 Å². The number of aromatic nitrogens is 6. The second-order valence-corrected chi connectivity index (χ2v) is 9.67. The van der Waals surface area contributed by atoms with Gasteiger partial charge in [-0.1, -0.05) is 0 Å². The van der Waals surface area contributed by atoms with Gasteiger partial charge in [0, 0.05) is 74.4 Å². The summed E-state index contributed by atoms with van der Waals surface area (Å²) in [6.45, 7) is 0. The van der Waals surface area contributed by atoms with Crippen LogP contribution in [0.25, 0.3) is 66.8 Å². The molecule has 1 aromatic carbocycles. The molecule has 6 aromatic heterocycles. The summed E-state index contributed by atoms with van der Waals surface area (Å²) in [7, 11) is 0. The van der Waals surface area contributed by atoms with E-state index < -0.39 is 0 Å². The lowest BCUT2D eigenvalue weighted by Crippen LogP contribution is -2.02. The topological polar surface area (TPSA) is 77.3 Å². The molecule has 0 aliphatic heterocycles. The third-order valence-corrected chi connectivity index (χ3v) is 7.31. The Kier molecular flexibility index (Phi) is 6.76. The van der Waals surface area contributed by atoms with Crippen LogP contribution in [-0.4, -0.2) is 29.9 Å². The normalized spacial score (nSPS) is 10.9. The van der Waals surface area contributed by atoms with Crippen LogP contribution in [0.3, 0.4) is 0 Å². The molecule has 0 spiro atoms. The summed E-state index contributed by atoms with van der Waals surface area (Å²) < 4.78 is 0. The van der Waals surface area contributed by atoms with Crippen molar-refractivity contribution < 1.29 is 0 Å². The lowest BCUT2D eigenvalue weighted by atomic mass is 9.74. The zero-order valence-electron chi connectivity index (χ0n) is 22.5. The molecule has 6 nitrogen and oxygen atoms in total. The molecule has 7 aromatic rings. The lowest BCUT2D eigenvalue weighted by molar-refractivity contribution is 1.31. The zero-order chi connectivity index (χ0) is 28.1. The predicted octanol–water partition coefficient (Wildman–Crippen LogP) is 8.06. The van der Waals surface area contributed by atoms with E-state index in [-0.39, 0.29) is 0 Å². The standard InChI is InChI=1S/C36H24N6/c1-13-37-14-2-25(1)31-32(26-3-15-38-16-4-26)34(28-7-19-40-20-8-28)36(30-11-23-42-24-12-30)35(29-9-21-41-22-10-29)33(31)27-5-17-39-18-6-27/h1-24H. The van der Waals surface area contributed by atoms with E-state index in [9.17, 15) is 0 Å². The summed E-state index contributed by atoms with van der Waals surface area (Å²) in [6.07, 6.45) is 22.1. The van der Waals surface area contributed by atoms with Crippen LogP contribution in [0.5, 0.6) is 0 Å². The van der Waals surface area contributed by atoms with E-state index in [0.717, 1.165) is 66.8 Å². The third kappa shape index (κ3) is 4.61. The molecule has 6 heterocycles. The fourth-order valence-corrected chi connectivity index (χ4v) is 5.59. The Morgan fingerprint density at radius 2 is 0.310 bits per heavy atom. The molecule has 0 radical (unpaired) electrons. The molecule has 0 atom stereocenters. The van der Waals surface area contributed by atoms with Crippen molar-refractivity contribution >= 4 is 0 Å². The second kappa shape index (κ2) is 11.3. The zero-order valence-corrected chi connectivity index (χ0v) is 22.5. The van der Waals surface area contributed by atoms with Crippen molar-refractivity contribution in [1.82, 2.24) is 29.9 Å². The summed E-state index contributed by atoms with van der Waals surface area (Å²) in [6, 6.07) is 24.9. The van der Waals surface area contributed by atoms with Gasteiger partial charge in [-0.05, 0) is 140 Å². The summed E-state index contributed by atoms with van der Waals surface area (Å²) >= 11 is 0. The van der Waals surface area contributed by atoms with E-state index in [1.54, 1.807) is 0 Å². The fraction of sp³-hybridized carbons (Fsp3) is 0. The van der Waals surface area contributed by atoms with Gasteiger partial charge in [-0.2, -0.15) is 0 Å². The van der Waals surface area contributed by atoms with Crippen molar-refractivity contribution in [3.63, 3.8) is 0 Å². The molecule has 0 fully saturated rings. The van der Waals surface area contributed by atoms with E-state index in [1.807, 2.05) is 74.4 Å². The van der Waals surface area contributed by atoms with E-state index >= 15 is 0 Å². The summed E-state index contributed by atoms with van der Waals surface area (Å²) in [5, 5.41) is 0. The number of benzene rings is 1. The van der Waals surface area contributed by atoms with Crippen LogP contribution < -0.4 is 0 Å². The highest BCUT2D eigenvalue weighted by Crippen LogP contribution is 2.55. The van der Waals surface area contributed by atoms with E-state index in [2.05, 4.69) is 103 Å². The minimum atomic E-state index is 1.05. The molecule has 42 heavy (non-hydrogen) atoms. The van der Waals surface area contributed by atoms with Gasteiger partial charge in [0.1, 0.15) is 0 Å². The van der Waals surface area contributed by atoms with Crippen LogP contribution in [0.4, 0.5) is 0 Å². The minimum Gasteiger partial charge on any atom is -0.265 e. The van der Waals surface area contributed by atoms with Crippen LogP contribution in [0, 0.1) is 0 Å². The first kappa shape index (κ1) is 25.1. The molecule has 0 saturated carbocycles. The Bertz CT molecular complexity index is 1540. The number of hydrogen-bond donors (Lipinski definition) is 0. The van der Waals surface area contributed by atoms with Gasteiger partial charge in [-0.25, -0.2) is 0 Å². The maximum absolute atomic E-state index is 4.36. The van der Waals surface area contributed by atoms with Gasteiger partial charge in [-0.15, -0.1) is 0 Å². The van der Waals surface area contributed by atoms with Crippen LogP contribution in [0.2, 0.25) is 0 Å². The SMILES string of the molecule is c1cc(-c2c(-c3ccncc3)c(-c3ccncc3)c(-c3ccncc3)c(-c3ccncc3)c2-c2ccncc2)ccn1. The third-order valence-electron chi connectivity index (χ3n) is 7.31. The Morgan fingerprint density at radius 1 is 0.190 bits per heavy atom. The molecule has 0 amide bonds. The summed E-state index contributed by atoms with van der Waals surface area (Å²) in [4.78, 5) is 26.2. The van der Waals surface area contributed by atoms with Gasteiger partial charge >= 0.3 is 0 Å². The first-order valence-electron chi connectivity index (χ1n) is 13.6. The largest absolute Gasteiger partial charge is 0.265 e. The van der Waals surface area contributed by atoms with Gasteiger partial charge in [0.2, 0.25) is 0 Å². The fourth-order valence-electron chi connectivity index (χ4n) is 5.59. The number of rotatable bonds is 6. The van der Waals surface area contributed by atoms with Crippen molar-refractivity contribution in [2.45, 2.75) is 0 Å². The van der Waals surface area contributed by atoms with Gasteiger partial charge in [0.15, 0.2) is 0 Å². The van der Waals surface area contributed by atoms with Gasteiger partial charge in [-0.3, -0.25) is 29.9 Å². The number of pyridine rings is 6. The highest BCUT2D eigenvalue weighted by Gasteiger charge is 2.29. The molecular formula is C36H24N6. The summed E-state index contributed by atoms with van der Waals surface area (Å²) in [5.41, 5.74) is 12.8. The molecule has 198 valence electrons. The molecule has 6 heteroatoms. The van der Waals surface area contributed by atoms with Gasteiger partial charge < -0.3 is 0 Å². The second-order valence-electron chi connectivity index (χ2n) is 9.67. The average Bonchev–Trinajstić information content (AvgIpc) is 3.09. The molecular weight excluding hydrogens is 516 g/mol. The number of nitrogens with zero attached hydrogens (tertiary/aromatic N) is 6. The highest BCUT2D eigenvalue weighted by molar-refractivity contribution is 6.14. The monoisotopic (exact) mass is 540 g/mol. The van der Waals surface area contributed by atoms with Crippen LogP contribution >= 0.6 is 0 Å². The quantitative estimate of drug-likeness (QED) is 0.212. The van der Waals surface area contributed by atoms with Crippen LogP contribution in [0.15, 0.2) is 147 Å². The average molecular weight is 541 g/mol. The first-order valence-corrected chi connectivity index (χ1v) is 13.6. The molecule has 0 saturated heterocycles. The summed E-state index contributed by atoms with van der Waals surface area (Å²) in [5.74, 6) is 0. The molecule has 7 rings (SSSR count). The van der Waals surface area contributed by atoms with Crippen molar-refractivity contribution in [3.8, 4) is 66.8 Å². The van der Waals surface area contributed by atoms with Crippen LogP contribution in [0.1, 0.15) is 0 Å². The van der Waals surface area contributed by atoms with E-state index in [4.69, 9.17) is 0 Å². The highest BCUT2D eigenvalue weighted by atomic mass is 14.6. The Balaban J connectivity index is 1.81. The van der Waals surface area contributed by atoms with Gasteiger partial charge in [0.25, 0.3) is 0 Å². The maximum Gasteiger partial charge on any atom is 0.0273 e. The lowest BCUT2D eigenvalue weighted by Gasteiger charge is -2.28. The molecule has 0 aliphatic carbocycles. The minimum absolute atomic E-state index is 1.05. The van der Waals surface area contributed by atoms with Crippen molar-refractivity contribution in [1.29, 1.82) is 0 Å².